The van der Waals surface area contributed by atoms with Gasteiger partial charge in [0.2, 0.25) is 0 Å². The number of nitrogens with zero attached hydrogens (tertiary/aromatic N) is 2. The highest BCUT2D eigenvalue weighted by Crippen LogP contribution is 2.15. The van der Waals surface area contributed by atoms with Gasteiger partial charge >= 0.3 is 0 Å². The maximum absolute atomic E-state index is 13.7. The lowest BCUT2D eigenvalue weighted by Crippen LogP contribution is -2.37. The van der Waals surface area contributed by atoms with Crippen LogP contribution in [0.1, 0.15) is 18.3 Å². The van der Waals surface area contributed by atoms with Gasteiger partial charge in [-0.2, -0.15) is 0 Å². The Morgan fingerprint density at radius 2 is 1.85 bits per heavy atom. The number of benzene rings is 2. The molecular formula is C20H22FN5. The summed E-state index contributed by atoms with van der Waals surface area (Å²) in [5.41, 5.74) is 2.62. The van der Waals surface area contributed by atoms with Crippen molar-refractivity contribution in [1.29, 1.82) is 0 Å². The van der Waals surface area contributed by atoms with E-state index in [0.29, 0.717) is 18.1 Å². The van der Waals surface area contributed by atoms with E-state index in [-0.39, 0.29) is 12.4 Å². The van der Waals surface area contributed by atoms with Crippen molar-refractivity contribution in [2.75, 3.05) is 6.54 Å². The van der Waals surface area contributed by atoms with E-state index in [2.05, 4.69) is 25.6 Å². The molecule has 0 radical (unpaired) electrons. The third kappa shape index (κ3) is 4.69. The molecule has 2 aromatic carbocycles. The highest BCUT2D eigenvalue weighted by molar-refractivity contribution is 5.79. The van der Waals surface area contributed by atoms with Crippen molar-refractivity contribution in [2.45, 2.75) is 20.0 Å². The number of halogens is 1. The second-order valence-electron chi connectivity index (χ2n) is 5.75. The molecule has 26 heavy (non-hydrogen) atoms. The molecule has 0 fully saturated rings. The largest absolute Gasteiger partial charge is 0.357 e. The summed E-state index contributed by atoms with van der Waals surface area (Å²) in [6.07, 6.45) is 1.82. The lowest BCUT2D eigenvalue weighted by atomic mass is 10.2. The van der Waals surface area contributed by atoms with Gasteiger partial charge in [-0.3, -0.25) is 0 Å². The van der Waals surface area contributed by atoms with E-state index in [1.165, 1.54) is 6.07 Å². The predicted molar refractivity (Wildman–Crippen MR) is 102 cm³/mol. The zero-order valence-electron chi connectivity index (χ0n) is 14.7. The fourth-order valence-electron chi connectivity index (χ4n) is 2.52. The number of imidazole rings is 1. The molecule has 0 aliphatic carbocycles. The van der Waals surface area contributed by atoms with Crippen molar-refractivity contribution in [3.63, 3.8) is 0 Å². The molecule has 5 nitrogen and oxygen atoms in total. The van der Waals surface area contributed by atoms with Crippen LogP contribution in [0.2, 0.25) is 0 Å². The van der Waals surface area contributed by atoms with Crippen molar-refractivity contribution < 1.29 is 4.39 Å². The van der Waals surface area contributed by atoms with Gasteiger partial charge in [-0.05, 0) is 18.6 Å². The standard InChI is InChI=1S/C20H22FN5/c1-2-22-20(24-12-16-10-6-7-11-17(16)21)25-14-19-23-13-18(26-19)15-8-4-3-5-9-15/h3-11,13H,2,12,14H2,1H3,(H,23,26)(H2,22,24,25). The summed E-state index contributed by atoms with van der Waals surface area (Å²) < 4.78 is 13.7. The Balaban J connectivity index is 1.63. The predicted octanol–water partition coefficient (Wildman–Crippen LogP) is 3.47. The highest BCUT2D eigenvalue weighted by Gasteiger charge is 2.05. The molecule has 0 atom stereocenters. The molecule has 0 saturated heterocycles. The molecule has 0 spiro atoms. The summed E-state index contributed by atoms with van der Waals surface area (Å²) in [7, 11) is 0. The zero-order chi connectivity index (χ0) is 18.2. The van der Waals surface area contributed by atoms with Gasteiger partial charge in [0.25, 0.3) is 0 Å². The molecular weight excluding hydrogens is 329 g/mol. The number of hydrogen-bond acceptors (Lipinski definition) is 2. The Morgan fingerprint density at radius 3 is 2.62 bits per heavy atom. The Kier molecular flexibility index (Phi) is 5.98. The first-order chi connectivity index (χ1) is 12.8. The van der Waals surface area contributed by atoms with Gasteiger partial charge in [-0.15, -0.1) is 0 Å². The van der Waals surface area contributed by atoms with Gasteiger partial charge in [0.05, 0.1) is 25.0 Å². The van der Waals surface area contributed by atoms with Crippen LogP contribution in [0.25, 0.3) is 11.3 Å². The summed E-state index contributed by atoms with van der Waals surface area (Å²) in [5.74, 6) is 1.18. The number of aliphatic imine (C=N–C) groups is 1. The molecule has 0 aliphatic heterocycles. The van der Waals surface area contributed by atoms with Crippen molar-refractivity contribution in [3.8, 4) is 11.3 Å². The van der Waals surface area contributed by atoms with Crippen LogP contribution in [-0.2, 0) is 13.1 Å². The normalized spacial score (nSPS) is 11.4. The summed E-state index contributed by atoms with van der Waals surface area (Å²) in [6.45, 7) is 3.47. The molecule has 3 N–H and O–H groups in total. The quantitative estimate of drug-likeness (QED) is 0.471. The van der Waals surface area contributed by atoms with E-state index in [0.717, 1.165) is 23.6 Å². The smallest absolute Gasteiger partial charge is 0.191 e. The Bertz CT molecular complexity index is 857. The molecule has 3 aromatic rings. The number of aromatic nitrogens is 2. The maximum Gasteiger partial charge on any atom is 0.191 e. The monoisotopic (exact) mass is 351 g/mol. The van der Waals surface area contributed by atoms with Crippen LogP contribution >= 0.6 is 0 Å². The lowest BCUT2D eigenvalue weighted by Gasteiger charge is -2.10. The van der Waals surface area contributed by atoms with Gasteiger partial charge in [-0.1, -0.05) is 48.5 Å². The summed E-state index contributed by atoms with van der Waals surface area (Å²) in [4.78, 5) is 12.1. The molecule has 1 aromatic heterocycles. The maximum atomic E-state index is 13.7. The zero-order valence-corrected chi connectivity index (χ0v) is 14.7. The molecule has 0 aliphatic rings. The number of aromatic amines is 1. The van der Waals surface area contributed by atoms with Crippen LogP contribution in [0, 0.1) is 5.82 Å². The number of nitrogens with one attached hydrogen (secondary N) is 3. The van der Waals surface area contributed by atoms with Crippen LogP contribution in [0.3, 0.4) is 0 Å². The second kappa shape index (κ2) is 8.80. The summed E-state index contributed by atoms with van der Waals surface area (Å²) >= 11 is 0. The number of rotatable bonds is 6. The average molecular weight is 351 g/mol. The Hall–Kier alpha value is -3.15. The number of H-pyrrole nitrogens is 1. The minimum atomic E-state index is -0.245. The molecule has 0 amide bonds. The minimum absolute atomic E-state index is 0.245. The topological polar surface area (TPSA) is 65.1 Å². The van der Waals surface area contributed by atoms with Gasteiger partial charge in [-0.25, -0.2) is 14.4 Å². The molecule has 1 heterocycles. The van der Waals surface area contributed by atoms with Gasteiger partial charge in [0, 0.05) is 12.1 Å². The van der Waals surface area contributed by atoms with Gasteiger partial charge in [0.15, 0.2) is 5.96 Å². The average Bonchev–Trinajstić information content (AvgIpc) is 3.15. The van der Waals surface area contributed by atoms with E-state index in [9.17, 15) is 4.39 Å². The van der Waals surface area contributed by atoms with Gasteiger partial charge in [0.1, 0.15) is 11.6 Å². The van der Waals surface area contributed by atoms with Crippen molar-refractivity contribution in [2.24, 2.45) is 4.99 Å². The number of guanidine groups is 1. The summed E-state index contributed by atoms with van der Waals surface area (Å²) in [6, 6.07) is 16.7. The SMILES string of the molecule is CCNC(=NCc1ccccc1F)NCc1ncc(-c2ccccc2)[nH]1. The molecule has 0 unspecified atom stereocenters. The minimum Gasteiger partial charge on any atom is -0.357 e. The number of hydrogen-bond donors (Lipinski definition) is 3. The molecule has 0 saturated carbocycles. The van der Waals surface area contributed by atoms with E-state index >= 15 is 0 Å². The highest BCUT2D eigenvalue weighted by atomic mass is 19.1. The van der Waals surface area contributed by atoms with E-state index in [1.54, 1.807) is 12.1 Å². The van der Waals surface area contributed by atoms with E-state index < -0.39 is 0 Å². The second-order valence-corrected chi connectivity index (χ2v) is 5.75. The fraction of sp³-hybridized carbons (Fsp3) is 0.200. The van der Waals surface area contributed by atoms with Crippen LogP contribution in [0.5, 0.6) is 0 Å². The first kappa shape index (κ1) is 17.7. The third-order valence-corrected chi connectivity index (χ3v) is 3.85. The van der Waals surface area contributed by atoms with Crippen molar-refractivity contribution in [3.05, 3.63) is 78.0 Å². The van der Waals surface area contributed by atoms with E-state index in [4.69, 9.17) is 0 Å². The first-order valence-electron chi connectivity index (χ1n) is 8.61. The van der Waals surface area contributed by atoms with Crippen LogP contribution in [-0.4, -0.2) is 22.5 Å². The Labute approximate surface area is 152 Å². The fourth-order valence-corrected chi connectivity index (χ4v) is 2.52. The van der Waals surface area contributed by atoms with Gasteiger partial charge < -0.3 is 15.6 Å². The van der Waals surface area contributed by atoms with E-state index in [1.807, 2.05) is 49.5 Å². The first-order valence-corrected chi connectivity index (χ1v) is 8.61. The van der Waals surface area contributed by atoms with Crippen LogP contribution < -0.4 is 10.6 Å². The summed E-state index contributed by atoms with van der Waals surface area (Å²) in [5, 5.41) is 6.37. The molecule has 3 rings (SSSR count). The van der Waals surface area contributed by atoms with Crippen LogP contribution in [0.15, 0.2) is 65.8 Å². The molecule has 6 heteroatoms. The Morgan fingerprint density at radius 1 is 1.08 bits per heavy atom. The molecule has 0 bridgehead atoms. The van der Waals surface area contributed by atoms with Crippen molar-refractivity contribution >= 4 is 5.96 Å². The molecule has 134 valence electrons. The lowest BCUT2D eigenvalue weighted by molar-refractivity contribution is 0.610. The van der Waals surface area contributed by atoms with Crippen LogP contribution in [0.4, 0.5) is 4.39 Å². The van der Waals surface area contributed by atoms with Crippen molar-refractivity contribution in [1.82, 2.24) is 20.6 Å². The third-order valence-electron chi connectivity index (χ3n) is 3.85.